The summed E-state index contributed by atoms with van der Waals surface area (Å²) in [6, 6.07) is 6.24. The van der Waals surface area contributed by atoms with Crippen molar-refractivity contribution >= 4 is 22.3 Å². The van der Waals surface area contributed by atoms with Gasteiger partial charge in [0.1, 0.15) is 5.82 Å². The molecule has 0 amide bonds. The highest BCUT2D eigenvalue weighted by molar-refractivity contribution is 7.13. The average Bonchev–Trinajstić information content (AvgIpc) is 2.92. The van der Waals surface area contributed by atoms with Gasteiger partial charge in [0.2, 0.25) is 0 Å². The number of aromatic nitrogens is 2. The first-order valence-corrected chi connectivity index (χ1v) is 8.24. The van der Waals surface area contributed by atoms with Gasteiger partial charge < -0.3 is 5.32 Å². The zero-order chi connectivity index (χ0) is 13.8. The molecule has 0 aromatic carbocycles. The van der Waals surface area contributed by atoms with E-state index in [9.17, 15) is 0 Å². The van der Waals surface area contributed by atoms with Gasteiger partial charge in [-0.05, 0) is 36.8 Å². The quantitative estimate of drug-likeness (QED) is 0.878. The van der Waals surface area contributed by atoms with E-state index in [0.29, 0.717) is 5.41 Å². The molecule has 2 heterocycles. The van der Waals surface area contributed by atoms with Crippen LogP contribution in [0.5, 0.6) is 0 Å². The van der Waals surface area contributed by atoms with Crippen LogP contribution in [0.1, 0.15) is 44.7 Å². The highest BCUT2D eigenvalue weighted by atomic mass is 32.1. The molecule has 1 fully saturated rings. The molecule has 0 atom stereocenters. The Bertz CT molecular complexity index is 545. The first-order chi connectivity index (χ1) is 9.73. The van der Waals surface area contributed by atoms with E-state index in [4.69, 9.17) is 4.98 Å². The maximum absolute atomic E-state index is 4.74. The monoisotopic (exact) mass is 287 g/mol. The van der Waals surface area contributed by atoms with Crippen molar-refractivity contribution in [3.63, 3.8) is 0 Å². The predicted octanol–water partition coefficient (Wildman–Crippen LogP) is 4.79. The Morgan fingerprint density at radius 3 is 2.85 bits per heavy atom. The average molecular weight is 287 g/mol. The van der Waals surface area contributed by atoms with E-state index in [-0.39, 0.29) is 0 Å². The first-order valence-electron chi connectivity index (χ1n) is 7.36. The molecule has 3 nitrogen and oxygen atoms in total. The summed E-state index contributed by atoms with van der Waals surface area (Å²) >= 11 is 1.60. The number of nitrogens with zero attached hydrogens (tertiary/aromatic N) is 2. The maximum Gasteiger partial charge on any atom is 0.188 e. The number of rotatable bonds is 4. The van der Waals surface area contributed by atoms with Crippen LogP contribution >= 0.6 is 11.3 Å². The molecule has 0 spiro atoms. The molecule has 2 aromatic rings. The Kier molecular flexibility index (Phi) is 4.01. The van der Waals surface area contributed by atoms with Crippen LogP contribution in [0.2, 0.25) is 0 Å². The van der Waals surface area contributed by atoms with Gasteiger partial charge in [-0.15, -0.1) is 11.3 Å². The number of hydrogen-bond donors (Lipinski definition) is 1. The number of pyridine rings is 1. The third-order valence-corrected chi connectivity index (χ3v) is 4.83. The third-order valence-electron chi connectivity index (χ3n) is 4.14. The topological polar surface area (TPSA) is 37.8 Å². The van der Waals surface area contributed by atoms with E-state index in [1.807, 2.05) is 11.4 Å². The van der Waals surface area contributed by atoms with Crippen LogP contribution in [-0.4, -0.2) is 9.97 Å². The lowest BCUT2D eigenvalue weighted by molar-refractivity contribution is 0.213. The molecule has 0 unspecified atom stereocenters. The fourth-order valence-corrected chi connectivity index (χ4v) is 3.60. The van der Waals surface area contributed by atoms with Crippen LogP contribution in [0, 0.1) is 5.41 Å². The summed E-state index contributed by atoms with van der Waals surface area (Å²) in [5.74, 6) is 0.900. The van der Waals surface area contributed by atoms with Crippen molar-refractivity contribution in [3.8, 4) is 0 Å². The second-order valence-electron chi connectivity index (χ2n) is 6.02. The summed E-state index contributed by atoms with van der Waals surface area (Å²) in [6.45, 7) is 2.41. The van der Waals surface area contributed by atoms with Gasteiger partial charge in [-0.25, -0.2) is 9.97 Å². The molecule has 0 bridgehead atoms. The number of hydrogen-bond acceptors (Lipinski definition) is 4. The number of nitrogens with one attached hydrogen (secondary N) is 1. The maximum atomic E-state index is 4.74. The van der Waals surface area contributed by atoms with E-state index in [1.165, 1.54) is 37.8 Å². The summed E-state index contributed by atoms with van der Waals surface area (Å²) < 4.78 is 0. The molecule has 1 aliphatic rings. The van der Waals surface area contributed by atoms with E-state index in [0.717, 1.165) is 17.4 Å². The summed E-state index contributed by atoms with van der Waals surface area (Å²) in [6.07, 6.45) is 9.69. The molecular formula is C16H21N3S. The highest BCUT2D eigenvalue weighted by Crippen LogP contribution is 2.38. The van der Waals surface area contributed by atoms with Crippen LogP contribution in [0.25, 0.3) is 0 Å². The van der Waals surface area contributed by atoms with Crippen LogP contribution in [-0.2, 0) is 6.42 Å². The van der Waals surface area contributed by atoms with Crippen LogP contribution < -0.4 is 5.32 Å². The van der Waals surface area contributed by atoms with E-state index in [2.05, 4.69) is 29.4 Å². The van der Waals surface area contributed by atoms with Crippen molar-refractivity contribution in [2.24, 2.45) is 5.41 Å². The molecule has 2 aromatic heterocycles. The van der Waals surface area contributed by atoms with Gasteiger partial charge in [-0.3, -0.25) is 0 Å². The van der Waals surface area contributed by atoms with Gasteiger partial charge in [0.05, 0.1) is 0 Å². The fourth-order valence-electron chi connectivity index (χ4n) is 3.06. The zero-order valence-electron chi connectivity index (χ0n) is 11.9. The molecule has 0 radical (unpaired) electrons. The van der Waals surface area contributed by atoms with Crippen molar-refractivity contribution in [1.29, 1.82) is 0 Å². The summed E-state index contributed by atoms with van der Waals surface area (Å²) in [7, 11) is 0. The molecule has 106 valence electrons. The van der Waals surface area contributed by atoms with Crippen LogP contribution in [0.3, 0.4) is 0 Å². The number of anilines is 2. The summed E-state index contributed by atoms with van der Waals surface area (Å²) in [4.78, 5) is 8.98. The lowest BCUT2D eigenvalue weighted by Crippen LogP contribution is -2.23. The van der Waals surface area contributed by atoms with Crippen molar-refractivity contribution < 1.29 is 0 Å². The van der Waals surface area contributed by atoms with Gasteiger partial charge in [-0.1, -0.05) is 32.3 Å². The van der Waals surface area contributed by atoms with Crippen molar-refractivity contribution in [3.05, 3.63) is 35.5 Å². The van der Waals surface area contributed by atoms with Crippen molar-refractivity contribution in [1.82, 2.24) is 9.97 Å². The second kappa shape index (κ2) is 5.92. The Morgan fingerprint density at radius 1 is 1.25 bits per heavy atom. The lowest BCUT2D eigenvalue weighted by Gasteiger charge is -2.33. The van der Waals surface area contributed by atoms with E-state index < -0.39 is 0 Å². The van der Waals surface area contributed by atoms with Gasteiger partial charge in [-0.2, -0.15) is 0 Å². The Labute approximate surface area is 124 Å². The predicted molar refractivity (Wildman–Crippen MR) is 84.5 cm³/mol. The molecular weight excluding hydrogens is 266 g/mol. The van der Waals surface area contributed by atoms with E-state index >= 15 is 0 Å². The molecule has 0 saturated heterocycles. The fraction of sp³-hybridized carbons (Fsp3) is 0.500. The second-order valence-corrected chi connectivity index (χ2v) is 6.92. The van der Waals surface area contributed by atoms with E-state index in [1.54, 1.807) is 17.5 Å². The Morgan fingerprint density at radius 2 is 2.10 bits per heavy atom. The molecule has 4 heteroatoms. The molecule has 1 aliphatic carbocycles. The molecule has 1 N–H and O–H groups in total. The highest BCUT2D eigenvalue weighted by Gasteiger charge is 2.27. The number of thiazole rings is 1. The molecule has 1 saturated carbocycles. The molecule has 20 heavy (non-hydrogen) atoms. The van der Waals surface area contributed by atoms with Gasteiger partial charge >= 0.3 is 0 Å². The summed E-state index contributed by atoms with van der Waals surface area (Å²) in [5, 5.41) is 6.14. The van der Waals surface area contributed by atoms with Gasteiger partial charge in [0, 0.05) is 17.3 Å². The van der Waals surface area contributed by atoms with Crippen LogP contribution in [0.4, 0.5) is 10.9 Å². The molecule has 3 rings (SSSR count). The first kappa shape index (κ1) is 13.6. The lowest BCUT2D eigenvalue weighted by atomic mass is 9.73. The summed E-state index contributed by atoms with van der Waals surface area (Å²) in [5.41, 5.74) is 1.63. The van der Waals surface area contributed by atoms with Gasteiger partial charge in [0.15, 0.2) is 5.13 Å². The molecule has 0 aliphatic heterocycles. The third kappa shape index (κ3) is 3.37. The van der Waals surface area contributed by atoms with Crippen molar-refractivity contribution in [2.45, 2.75) is 45.4 Å². The smallest absolute Gasteiger partial charge is 0.188 e. The normalized spacial score (nSPS) is 17.9. The standard InChI is InChI=1S/C16H21N3S/c1-16(8-3-2-4-9-16)12-13-6-5-7-14(18-13)19-15-17-10-11-20-15/h5-7,10-11H,2-4,8-9,12H2,1H3,(H,17,18,19). The zero-order valence-corrected chi connectivity index (χ0v) is 12.7. The van der Waals surface area contributed by atoms with Crippen LogP contribution in [0.15, 0.2) is 29.8 Å². The Balaban J connectivity index is 1.70. The minimum Gasteiger partial charge on any atom is -0.316 e. The minimum absolute atomic E-state index is 0.436. The van der Waals surface area contributed by atoms with Crippen molar-refractivity contribution in [2.75, 3.05) is 5.32 Å². The SMILES string of the molecule is CC1(Cc2cccc(Nc3nccs3)n2)CCCCC1. The largest absolute Gasteiger partial charge is 0.316 e. The Hall–Kier alpha value is -1.42. The van der Waals surface area contributed by atoms with Gasteiger partial charge in [0.25, 0.3) is 0 Å². The minimum atomic E-state index is 0.436.